The van der Waals surface area contributed by atoms with Crippen LogP contribution in [0, 0.1) is 0 Å². The lowest BCUT2D eigenvalue weighted by molar-refractivity contribution is -0.0521. The zero-order valence-corrected chi connectivity index (χ0v) is 11.8. The van der Waals surface area contributed by atoms with Gasteiger partial charge in [0.2, 0.25) is 0 Å². The molecule has 1 aliphatic rings. The Morgan fingerprint density at radius 1 is 1.53 bits per heavy atom. The molecule has 1 aliphatic heterocycles. The summed E-state index contributed by atoms with van der Waals surface area (Å²) in [6.07, 6.45) is -1.93. The van der Waals surface area contributed by atoms with Crippen LogP contribution in [0.5, 0.6) is 0 Å². The van der Waals surface area contributed by atoms with Crippen molar-refractivity contribution in [3.63, 3.8) is 0 Å². The van der Waals surface area contributed by atoms with Gasteiger partial charge in [0.05, 0.1) is 6.10 Å². The normalized spacial score (nSPS) is 24.1. The molecule has 2 atom stereocenters. The monoisotopic (exact) mass is 271 g/mol. The van der Waals surface area contributed by atoms with Gasteiger partial charge in [-0.2, -0.15) is 0 Å². The molecule has 1 heterocycles. The van der Waals surface area contributed by atoms with Crippen LogP contribution in [0.2, 0.25) is 0 Å². The molecule has 6 heteroatoms. The number of aliphatic hydroxyl groups excluding tert-OH is 1. The summed E-state index contributed by atoms with van der Waals surface area (Å²) in [7, 11) is 0. The van der Waals surface area contributed by atoms with Gasteiger partial charge < -0.3 is 14.6 Å². The summed E-state index contributed by atoms with van der Waals surface area (Å²) in [5.41, 5.74) is -0.655. The molecule has 0 aromatic carbocycles. The summed E-state index contributed by atoms with van der Waals surface area (Å²) in [6.45, 7) is 7.52. The van der Waals surface area contributed by atoms with E-state index in [2.05, 4.69) is 0 Å². The number of ether oxygens (including phenoxy) is 2. The van der Waals surface area contributed by atoms with Crippen LogP contribution in [0.15, 0.2) is 5.70 Å². The predicted octanol–water partition coefficient (Wildman–Crippen LogP) is 1.11. The molecule has 2 unspecified atom stereocenters. The van der Waals surface area contributed by atoms with Gasteiger partial charge in [-0.1, -0.05) is 0 Å². The van der Waals surface area contributed by atoms with Gasteiger partial charge in [0.15, 0.2) is 0 Å². The minimum atomic E-state index is -0.830. The number of rotatable bonds is 2. The largest absolute Gasteiger partial charge is 0.443 e. The lowest BCUT2D eigenvalue weighted by atomic mass is 10.0. The van der Waals surface area contributed by atoms with Crippen molar-refractivity contribution >= 4 is 12.0 Å². The average Bonchev–Trinajstić information content (AvgIpc) is 2.29. The minimum Gasteiger partial charge on any atom is -0.443 e. The molecule has 1 saturated heterocycles. The first kappa shape index (κ1) is 15.7. The van der Waals surface area contributed by atoms with Crippen molar-refractivity contribution in [3.8, 4) is 0 Å². The van der Waals surface area contributed by atoms with Crippen LogP contribution >= 0.6 is 0 Å². The number of nitrogens with zero attached hydrogens (tertiary/aromatic N) is 1. The standard InChI is InChI=1S/C13H21NO5/c1-5-18-11-9(8-15)14(7-6-10(11)16)12(17)19-13(2,3)4/h10-11,16H,5-7H2,1-4H3. The molecule has 1 rings (SSSR count). The third-order valence-electron chi connectivity index (χ3n) is 2.62. The highest BCUT2D eigenvalue weighted by atomic mass is 16.6. The first-order chi connectivity index (χ1) is 8.80. The number of carbonyl (C=O) groups is 1. The quantitative estimate of drug-likeness (QED) is 0.761. The van der Waals surface area contributed by atoms with Crippen molar-refractivity contribution in [3.05, 3.63) is 5.70 Å². The van der Waals surface area contributed by atoms with E-state index in [1.54, 1.807) is 33.6 Å². The van der Waals surface area contributed by atoms with Gasteiger partial charge in [-0.15, -0.1) is 0 Å². The number of piperidine rings is 1. The van der Waals surface area contributed by atoms with E-state index >= 15 is 0 Å². The van der Waals surface area contributed by atoms with Crippen LogP contribution < -0.4 is 0 Å². The van der Waals surface area contributed by atoms with Crippen molar-refractivity contribution in [2.24, 2.45) is 0 Å². The van der Waals surface area contributed by atoms with Crippen LogP contribution in [0.1, 0.15) is 34.1 Å². The molecule has 0 bridgehead atoms. The van der Waals surface area contributed by atoms with E-state index in [1.165, 1.54) is 4.90 Å². The van der Waals surface area contributed by atoms with Crippen molar-refractivity contribution < 1.29 is 24.2 Å². The molecule has 0 aliphatic carbocycles. The highest BCUT2D eigenvalue weighted by molar-refractivity contribution is 5.74. The Morgan fingerprint density at radius 3 is 2.63 bits per heavy atom. The lowest BCUT2D eigenvalue weighted by Gasteiger charge is -2.36. The third-order valence-corrected chi connectivity index (χ3v) is 2.62. The molecule has 108 valence electrons. The second-order valence-corrected chi connectivity index (χ2v) is 5.35. The highest BCUT2D eigenvalue weighted by Crippen LogP contribution is 2.24. The lowest BCUT2D eigenvalue weighted by Crippen LogP contribution is -2.49. The van der Waals surface area contributed by atoms with Gasteiger partial charge in [-0.05, 0) is 34.1 Å². The molecule has 1 fully saturated rings. The number of hydrogen-bond acceptors (Lipinski definition) is 5. The van der Waals surface area contributed by atoms with Gasteiger partial charge >= 0.3 is 6.09 Å². The fraction of sp³-hybridized carbons (Fsp3) is 0.769. The van der Waals surface area contributed by atoms with Crippen LogP contribution in [0.25, 0.3) is 0 Å². The Kier molecular flexibility index (Phi) is 5.11. The van der Waals surface area contributed by atoms with Crippen molar-refractivity contribution in [2.75, 3.05) is 13.2 Å². The molecule has 0 saturated carbocycles. The molecule has 1 N–H and O–H groups in total. The molecule has 0 aromatic rings. The molecular formula is C13H21NO5. The first-order valence-electron chi connectivity index (χ1n) is 6.35. The topological polar surface area (TPSA) is 76.1 Å². The van der Waals surface area contributed by atoms with E-state index < -0.39 is 23.9 Å². The summed E-state index contributed by atoms with van der Waals surface area (Å²) in [5, 5.41) is 9.83. The maximum absolute atomic E-state index is 12.0. The molecule has 0 spiro atoms. The fourth-order valence-corrected chi connectivity index (χ4v) is 1.86. The van der Waals surface area contributed by atoms with Gasteiger partial charge in [-0.3, -0.25) is 4.90 Å². The second-order valence-electron chi connectivity index (χ2n) is 5.35. The zero-order valence-electron chi connectivity index (χ0n) is 11.8. The SMILES string of the molecule is CCOC1C(=C=O)N(C(=O)OC(C)(C)C)CCC1O. The van der Waals surface area contributed by atoms with Gasteiger partial charge in [0.25, 0.3) is 0 Å². The Labute approximate surface area is 113 Å². The highest BCUT2D eigenvalue weighted by Gasteiger charge is 2.38. The number of hydrogen-bond donors (Lipinski definition) is 1. The minimum absolute atomic E-state index is 0.00477. The summed E-state index contributed by atoms with van der Waals surface area (Å²) in [5.74, 6) is 1.69. The smallest absolute Gasteiger partial charge is 0.415 e. The van der Waals surface area contributed by atoms with Crippen LogP contribution in [-0.2, 0) is 14.3 Å². The zero-order chi connectivity index (χ0) is 14.6. The summed E-state index contributed by atoms with van der Waals surface area (Å²) in [6, 6.07) is 0. The summed E-state index contributed by atoms with van der Waals surface area (Å²) < 4.78 is 10.5. The third kappa shape index (κ3) is 4.06. The van der Waals surface area contributed by atoms with Crippen molar-refractivity contribution in [1.29, 1.82) is 0 Å². The fourth-order valence-electron chi connectivity index (χ4n) is 1.86. The first-order valence-corrected chi connectivity index (χ1v) is 6.35. The molecular weight excluding hydrogens is 250 g/mol. The molecule has 19 heavy (non-hydrogen) atoms. The van der Waals surface area contributed by atoms with E-state index in [-0.39, 0.29) is 12.2 Å². The molecule has 0 radical (unpaired) electrons. The summed E-state index contributed by atoms with van der Waals surface area (Å²) >= 11 is 0. The van der Waals surface area contributed by atoms with Crippen molar-refractivity contribution in [1.82, 2.24) is 4.90 Å². The number of carbonyl (C=O) groups excluding carboxylic acids is 2. The van der Waals surface area contributed by atoms with Crippen molar-refractivity contribution in [2.45, 2.75) is 51.9 Å². The Balaban J connectivity index is 2.89. The molecule has 0 aromatic heterocycles. The predicted molar refractivity (Wildman–Crippen MR) is 68.2 cm³/mol. The number of likely N-dealkylation sites (tertiary alicyclic amines) is 1. The Morgan fingerprint density at radius 2 is 2.16 bits per heavy atom. The molecule has 6 nitrogen and oxygen atoms in total. The van der Waals surface area contributed by atoms with Gasteiger partial charge in [-0.25, -0.2) is 9.59 Å². The number of aliphatic hydroxyl groups is 1. The second kappa shape index (κ2) is 6.19. The van der Waals surface area contributed by atoms with E-state index in [0.717, 1.165) is 0 Å². The van der Waals surface area contributed by atoms with Crippen LogP contribution in [0.4, 0.5) is 4.79 Å². The van der Waals surface area contributed by atoms with E-state index in [9.17, 15) is 14.7 Å². The van der Waals surface area contributed by atoms with Gasteiger partial charge in [0.1, 0.15) is 23.3 Å². The maximum atomic E-state index is 12.0. The average molecular weight is 271 g/mol. The van der Waals surface area contributed by atoms with E-state index in [4.69, 9.17) is 9.47 Å². The van der Waals surface area contributed by atoms with E-state index in [0.29, 0.717) is 13.0 Å². The maximum Gasteiger partial charge on any atom is 0.415 e. The van der Waals surface area contributed by atoms with Gasteiger partial charge in [0, 0.05) is 13.2 Å². The number of amides is 1. The summed E-state index contributed by atoms with van der Waals surface area (Å²) in [4.78, 5) is 24.3. The van der Waals surface area contributed by atoms with Crippen LogP contribution in [-0.4, -0.2) is 53.0 Å². The Hall–Kier alpha value is -1.36. The van der Waals surface area contributed by atoms with Crippen LogP contribution in [0.3, 0.4) is 0 Å². The van der Waals surface area contributed by atoms with E-state index in [1.807, 2.05) is 0 Å². The molecule has 1 amide bonds. The Bertz CT molecular complexity index is 381.